The Hall–Kier alpha value is -0.869. The first-order valence-corrected chi connectivity index (χ1v) is 17.7. The number of amides is 1. The third-order valence-corrected chi connectivity index (χ3v) is 6.13. The zero-order valence-corrected chi connectivity index (χ0v) is 17.8. The number of carbonyl (C=O) groups excluding carboxylic acids is 1. The number of hydrogen-bond donors (Lipinski definition) is 1. The molecule has 1 rings (SSSR count). The number of hydrogen-bond acceptors (Lipinski definition) is 3. The van der Waals surface area contributed by atoms with Gasteiger partial charge in [0.05, 0.1) is 6.33 Å². The fourth-order valence-corrected chi connectivity index (χ4v) is 4.61. The zero-order valence-electron chi connectivity index (χ0n) is 14.8. The second kappa shape index (κ2) is 5.73. The van der Waals surface area contributed by atoms with Crippen molar-refractivity contribution in [3.63, 3.8) is 0 Å². The van der Waals surface area contributed by atoms with Crippen molar-refractivity contribution in [1.29, 1.82) is 0 Å². The van der Waals surface area contributed by atoms with Gasteiger partial charge in [0.2, 0.25) is 14.2 Å². The summed E-state index contributed by atoms with van der Waals surface area (Å²) in [6.07, 6.45) is 1.76. The van der Waals surface area contributed by atoms with Crippen molar-refractivity contribution in [3.8, 4) is 5.88 Å². The molecule has 0 atom stereocenters. The van der Waals surface area contributed by atoms with Crippen LogP contribution in [0.1, 0.15) is 10.5 Å². The summed E-state index contributed by atoms with van der Waals surface area (Å²) in [5.74, 6) is 0.440. The minimum Gasteiger partial charge on any atom is -0.530 e. The Labute approximate surface area is 131 Å². The first-order valence-electron chi connectivity index (χ1n) is 7.30. The molecule has 0 spiro atoms. The molecule has 0 aromatic carbocycles. The lowest BCUT2D eigenvalue weighted by atomic mass is 10.4. The summed E-state index contributed by atoms with van der Waals surface area (Å²) in [5.41, 5.74) is 0.596. The van der Waals surface area contributed by atoms with E-state index in [1.54, 1.807) is 6.33 Å². The van der Waals surface area contributed by atoms with Crippen molar-refractivity contribution >= 4 is 30.7 Å². The Kier molecular flexibility index (Phi) is 4.96. The summed E-state index contributed by atoms with van der Waals surface area (Å²) in [6, 6.07) is 0. The summed E-state index contributed by atoms with van der Waals surface area (Å²) >= 11 is 0. The monoisotopic (exact) mass is 343 g/mol. The van der Waals surface area contributed by atoms with E-state index in [-0.39, 0.29) is 5.91 Å². The molecule has 0 radical (unpaired) electrons. The largest absolute Gasteiger partial charge is 0.530 e. The van der Waals surface area contributed by atoms with Gasteiger partial charge in [-0.15, -0.1) is 0 Å². The van der Waals surface area contributed by atoms with Crippen LogP contribution in [-0.2, 0) is 0 Å². The molecule has 0 bridgehead atoms. The topological polar surface area (TPSA) is 56.1 Å². The van der Waals surface area contributed by atoms with E-state index < -0.39 is 24.8 Å². The number of aromatic nitrogens is 2. The third kappa shape index (κ3) is 5.44. The first kappa shape index (κ1) is 18.2. The van der Waals surface area contributed by atoms with E-state index in [0.717, 1.165) is 0 Å². The van der Waals surface area contributed by atoms with Gasteiger partial charge in [-0.2, -0.15) is 0 Å². The van der Waals surface area contributed by atoms with Crippen molar-refractivity contribution in [2.45, 2.75) is 58.9 Å². The van der Waals surface area contributed by atoms with Crippen molar-refractivity contribution in [1.82, 2.24) is 14.2 Å². The van der Waals surface area contributed by atoms with Gasteiger partial charge >= 0.3 is 0 Å². The molecule has 1 aromatic rings. The second-order valence-electron chi connectivity index (χ2n) is 8.36. The quantitative estimate of drug-likeness (QED) is 0.834. The Bertz CT molecular complexity index is 522. The van der Waals surface area contributed by atoms with E-state index in [2.05, 4.69) is 68.9 Å². The van der Waals surface area contributed by atoms with Crippen LogP contribution in [0.4, 0.5) is 0 Å². The highest BCUT2D eigenvalue weighted by atomic mass is 28.4. The lowest BCUT2D eigenvalue weighted by Crippen LogP contribution is -2.47. The van der Waals surface area contributed by atoms with Gasteiger partial charge in [0, 0.05) is 0 Å². The molecule has 1 N–H and O–H groups in total. The van der Waals surface area contributed by atoms with Crippen LogP contribution in [0.25, 0.3) is 0 Å². The van der Waals surface area contributed by atoms with Crippen molar-refractivity contribution in [2.24, 2.45) is 0 Å². The normalized spacial score (nSPS) is 13.2. The van der Waals surface area contributed by atoms with Crippen LogP contribution >= 0.6 is 0 Å². The standard InChI is InChI=1S/C13H29N3O2Si3/c1-19(2,3)15-12(17)11-13(18-21(7,8)9)14-10-16(11)20(4,5)6/h10H,1-9H3,(H,15,17). The highest BCUT2D eigenvalue weighted by Crippen LogP contribution is 2.24. The Morgan fingerprint density at radius 3 is 2.00 bits per heavy atom. The number of rotatable bonds is 5. The first-order chi connectivity index (χ1) is 9.21. The van der Waals surface area contributed by atoms with Crippen molar-refractivity contribution < 1.29 is 9.22 Å². The maximum absolute atomic E-state index is 12.7. The highest BCUT2D eigenvalue weighted by molar-refractivity contribution is 6.77. The molecule has 0 unspecified atom stereocenters. The Balaban J connectivity index is 3.30. The summed E-state index contributed by atoms with van der Waals surface area (Å²) in [4.78, 5) is 20.3. The Morgan fingerprint density at radius 1 is 1.10 bits per heavy atom. The van der Waals surface area contributed by atoms with Crippen molar-refractivity contribution in [2.75, 3.05) is 0 Å². The number of carbonyl (C=O) groups is 1. The molecule has 0 fully saturated rings. The molecule has 0 saturated carbocycles. The summed E-state index contributed by atoms with van der Waals surface area (Å²) < 4.78 is 8.07. The van der Waals surface area contributed by atoms with Crippen LogP contribution in [-0.4, -0.2) is 39.9 Å². The van der Waals surface area contributed by atoms with Gasteiger partial charge in [0.15, 0.2) is 13.9 Å². The van der Waals surface area contributed by atoms with Crippen LogP contribution in [0.2, 0.25) is 58.9 Å². The highest BCUT2D eigenvalue weighted by Gasteiger charge is 2.31. The third-order valence-electron chi connectivity index (χ3n) is 2.56. The fourth-order valence-electron chi connectivity index (χ4n) is 1.81. The smallest absolute Gasteiger partial charge is 0.264 e. The lowest BCUT2D eigenvalue weighted by molar-refractivity contribution is 0.0970. The molecule has 1 amide bonds. The molecule has 5 nitrogen and oxygen atoms in total. The molecule has 120 valence electrons. The lowest BCUT2D eigenvalue weighted by Gasteiger charge is -2.25. The maximum Gasteiger partial charge on any atom is 0.264 e. The van der Waals surface area contributed by atoms with E-state index in [1.165, 1.54) is 0 Å². The van der Waals surface area contributed by atoms with Crippen LogP contribution in [0.3, 0.4) is 0 Å². The van der Waals surface area contributed by atoms with Crippen molar-refractivity contribution in [3.05, 3.63) is 12.0 Å². The van der Waals surface area contributed by atoms with Gasteiger partial charge in [-0.05, 0) is 19.6 Å². The average Bonchev–Trinajstić information content (AvgIpc) is 2.54. The molecule has 8 heteroatoms. The van der Waals surface area contributed by atoms with Gasteiger partial charge in [-0.3, -0.25) is 4.79 Å². The number of nitrogens with zero attached hydrogens (tertiary/aromatic N) is 2. The van der Waals surface area contributed by atoms with Crippen LogP contribution in [0, 0.1) is 0 Å². The molecule has 21 heavy (non-hydrogen) atoms. The van der Waals surface area contributed by atoms with Gasteiger partial charge in [-0.1, -0.05) is 39.3 Å². The van der Waals surface area contributed by atoms with Gasteiger partial charge in [-0.25, -0.2) is 4.98 Å². The molecule has 0 saturated heterocycles. The maximum atomic E-state index is 12.7. The van der Waals surface area contributed by atoms with E-state index in [0.29, 0.717) is 11.6 Å². The molecule has 0 aliphatic rings. The SMILES string of the molecule is C[Si](C)(C)NC(=O)c1c(O[Si](C)(C)C)ncn1[Si](C)(C)C. The minimum atomic E-state index is -1.81. The molecule has 1 heterocycles. The molecular weight excluding hydrogens is 314 g/mol. The van der Waals surface area contributed by atoms with Crippen LogP contribution < -0.4 is 9.41 Å². The van der Waals surface area contributed by atoms with E-state index in [4.69, 9.17) is 4.43 Å². The fraction of sp³-hybridized carbons (Fsp3) is 0.692. The predicted molar refractivity (Wildman–Crippen MR) is 95.8 cm³/mol. The minimum absolute atomic E-state index is 0.0534. The number of nitrogens with one attached hydrogen (secondary N) is 1. The summed E-state index contributed by atoms with van der Waals surface area (Å²) in [7, 11) is -5.24. The van der Waals surface area contributed by atoms with E-state index in [1.807, 2.05) is 4.23 Å². The van der Waals surface area contributed by atoms with E-state index in [9.17, 15) is 4.79 Å². The average molecular weight is 344 g/mol. The van der Waals surface area contributed by atoms with Crippen LogP contribution in [0.15, 0.2) is 6.33 Å². The van der Waals surface area contributed by atoms with Gasteiger partial charge in [0.1, 0.15) is 8.24 Å². The molecular formula is C13H29N3O2Si3. The second-order valence-corrected chi connectivity index (χ2v) is 22.4. The summed E-state index contributed by atoms with van der Waals surface area (Å²) in [6.45, 7) is 19.2. The number of imidazole rings is 1. The predicted octanol–water partition coefficient (Wildman–Crippen LogP) is 3.34. The Morgan fingerprint density at radius 2 is 1.62 bits per heavy atom. The van der Waals surface area contributed by atoms with Crippen LogP contribution in [0.5, 0.6) is 5.88 Å². The molecule has 0 aliphatic heterocycles. The summed E-state index contributed by atoms with van der Waals surface area (Å²) in [5, 5.41) is 0. The van der Waals surface area contributed by atoms with Gasteiger partial charge in [0.25, 0.3) is 5.91 Å². The van der Waals surface area contributed by atoms with E-state index >= 15 is 0 Å². The molecule has 0 aliphatic carbocycles. The molecule has 1 aromatic heterocycles. The zero-order chi connectivity index (χ0) is 16.6. The van der Waals surface area contributed by atoms with Gasteiger partial charge < -0.3 is 13.6 Å².